The molecule has 0 spiro atoms. The van der Waals surface area contributed by atoms with Gasteiger partial charge in [-0.15, -0.1) is 0 Å². The third kappa shape index (κ3) is 1.62. The molecule has 2 heterocycles. The second kappa shape index (κ2) is 3.85. The number of carbonyl (C=O) groups is 2. The molecule has 0 bridgehead atoms. The molecular formula is C14H14N2O3. The Balaban J connectivity index is 2.47. The van der Waals surface area contributed by atoms with Crippen LogP contribution in [0, 0.1) is 13.8 Å². The summed E-state index contributed by atoms with van der Waals surface area (Å²) in [6.45, 7) is 4.15. The van der Waals surface area contributed by atoms with Gasteiger partial charge in [0.1, 0.15) is 5.69 Å². The Kier molecular flexibility index (Phi) is 2.38. The molecule has 98 valence electrons. The lowest BCUT2D eigenvalue weighted by Crippen LogP contribution is -2.13. The summed E-state index contributed by atoms with van der Waals surface area (Å²) in [7, 11) is 0. The lowest BCUT2D eigenvalue weighted by molar-refractivity contribution is -0.116. The molecule has 5 heteroatoms. The molecule has 1 aliphatic heterocycles. The van der Waals surface area contributed by atoms with E-state index in [-0.39, 0.29) is 18.0 Å². The Hall–Kier alpha value is -2.30. The summed E-state index contributed by atoms with van der Waals surface area (Å²) in [6, 6.07) is 3.85. The minimum atomic E-state index is -0.952. The number of aromatic carboxylic acids is 1. The molecule has 1 aliphatic rings. The molecule has 0 aliphatic carbocycles. The van der Waals surface area contributed by atoms with Crippen LogP contribution < -0.4 is 5.32 Å². The number of aromatic nitrogens is 1. The SMILES string of the molecule is Cc1cc2c3c(c1)c(C)c(C(=O)O)n3CCC(=O)N2. The fraction of sp³-hybridized carbons (Fsp3) is 0.286. The number of aryl methyl sites for hydroxylation is 3. The minimum absolute atomic E-state index is 0.0791. The van der Waals surface area contributed by atoms with Gasteiger partial charge in [0.15, 0.2) is 0 Å². The van der Waals surface area contributed by atoms with Crippen LogP contribution in [0.4, 0.5) is 5.69 Å². The number of nitrogens with one attached hydrogen (secondary N) is 1. The number of hydrogen-bond donors (Lipinski definition) is 2. The zero-order valence-corrected chi connectivity index (χ0v) is 10.8. The lowest BCUT2D eigenvalue weighted by Gasteiger charge is -2.06. The molecule has 0 unspecified atom stereocenters. The number of benzene rings is 1. The number of carboxylic acid groups (broad SMARTS) is 1. The first-order valence-electron chi connectivity index (χ1n) is 6.15. The topological polar surface area (TPSA) is 71.3 Å². The molecule has 1 aromatic heterocycles. The van der Waals surface area contributed by atoms with Gasteiger partial charge in [-0.1, -0.05) is 0 Å². The standard InChI is InChI=1S/C14H14N2O3/c1-7-5-9-8(2)12(14(18)19)16-4-3-11(17)15-10(6-7)13(9)16/h5-6H,3-4H2,1-2H3,(H,15,17)(H,18,19). The molecule has 2 N–H and O–H groups in total. The predicted molar refractivity (Wildman–Crippen MR) is 71.6 cm³/mol. The van der Waals surface area contributed by atoms with Gasteiger partial charge in [-0.3, -0.25) is 4.79 Å². The number of carbonyl (C=O) groups excluding carboxylic acids is 1. The number of anilines is 1. The summed E-state index contributed by atoms with van der Waals surface area (Å²) in [4.78, 5) is 23.2. The molecule has 1 aromatic carbocycles. The van der Waals surface area contributed by atoms with E-state index in [0.717, 1.165) is 22.0 Å². The van der Waals surface area contributed by atoms with Gasteiger partial charge in [-0.05, 0) is 37.1 Å². The first-order valence-corrected chi connectivity index (χ1v) is 6.15. The van der Waals surface area contributed by atoms with Crippen molar-refractivity contribution in [2.75, 3.05) is 5.32 Å². The van der Waals surface area contributed by atoms with Gasteiger partial charge in [-0.2, -0.15) is 0 Å². The fourth-order valence-corrected chi connectivity index (χ4v) is 2.82. The molecule has 2 aromatic rings. The highest BCUT2D eigenvalue weighted by molar-refractivity contribution is 6.07. The number of amides is 1. The Morgan fingerprint density at radius 2 is 2.11 bits per heavy atom. The molecule has 0 fully saturated rings. The highest BCUT2D eigenvalue weighted by atomic mass is 16.4. The molecule has 0 radical (unpaired) electrons. The first kappa shape index (κ1) is 11.8. The van der Waals surface area contributed by atoms with Gasteiger partial charge in [-0.25, -0.2) is 4.79 Å². The average molecular weight is 258 g/mol. The summed E-state index contributed by atoms with van der Waals surface area (Å²) in [5, 5.41) is 13.1. The third-order valence-electron chi connectivity index (χ3n) is 3.59. The van der Waals surface area contributed by atoms with E-state index >= 15 is 0 Å². The van der Waals surface area contributed by atoms with Crippen LogP contribution in [-0.4, -0.2) is 21.6 Å². The van der Waals surface area contributed by atoms with Crippen molar-refractivity contribution < 1.29 is 14.7 Å². The van der Waals surface area contributed by atoms with E-state index in [1.807, 2.05) is 26.0 Å². The summed E-state index contributed by atoms with van der Waals surface area (Å²) in [5.41, 5.74) is 3.54. The van der Waals surface area contributed by atoms with E-state index < -0.39 is 5.97 Å². The van der Waals surface area contributed by atoms with E-state index in [4.69, 9.17) is 0 Å². The van der Waals surface area contributed by atoms with Crippen LogP contribution in [0.3, 0.4) is 0 Å². The van der Waals surface area contributed by atoms with Crippen LogP contribution >= 0.6 is 0 Å². The zero-order chi connectivity index (χ0) is 13.7. The van der Waals surface area contributed by atoms with Gasteiger partial charge >= 0.3 is 5.97 Å². The summed E-state index contributed by atoms with van der Waals surface area (Å²) < 4.78 is 1.74. The Morgan fingerprint density at radius 3 is 2.79 bits per heavy atom. The minimum Gasteiger partial charge on any atom is -0.477 e. The van der Waals surface area contributed by atoms with Crippen LogP contribution in [0.1, 0.15) is 28.0 Å². The summed E-state index contributed by atoms with van der Waals surface area (Å²) >= 11 is 0. The molecule has 0 saturated carbocycles. The van der Waals surface area contributed by atoms with Crippen LogP contribution in [0.2, 0.25) is 0 Å². The second-order valence-electron chi connectivity index (χ2n) is 4.94. The van der Waals surface area contributed by atoms with Crippen molar-refractivity contribution in [2.45, 2.75) is 26.8 Å². The van der Waals surface area contributed by atoms with Crippen LogP contribution in [0.15, 0.2) is 12.1 Å². The van der Waals surface area contributed by atoms with Crippen molar-refractivity contribution in [3.8, 4) is 0 Å². The highest BCUT2D eigenvalue weighted by Gasteiger charge is 2.24. The predicted octanol–water partition coefficient (Wildman–Crippen LogP) is 2.30. The van der Waals surface area contributed by atoms with E-state index in [0.29, 0.717) is 12.2 Å². The molecule has 0 saturated heterocycles. The molecule has 0 atom stereocenters. The molecule has 1 amide bonds. The van der Waals surface area contributed by atoms with Crippen LogP contribution in [-0.2, 0) is 11.3 Å². The van der Waals surface area contributed by atoms with E-state index in [2.05, 4.69) is 5.32 Å². The van der Waals surface area contributed by atoms with Gasteiger partial charge in [0.05, 0.1) is 11.2 Å². The van der Waals surface area contributed by atoms with E-state index in [9.17, 15) is 14.7 Å². The van der Waals surface area contributed by atoms with Crippen molar-refractivity contribution in [3.05, 3.63) is 29.0 Å². The van der Waals surface area contributed by atoms with Crippen molar-refractivity contribution >= 4 is 28.5 Å². The zero-order valence-electron chi connectivity index (χ0n) is 10.8. The van der Waals surface area contributed by atoms with Gasteiger partial charge < -0.3 is 15.0 Å². The maximum Gasteiger partial charge on any atom is 0.352 e. The monoisotopic (exact) mass is 258 g/mol. The molecule has 3 rings (SSSR count). The number of rotatable bonds is 1. The van der Waals surface area contributed by atoms with E-state index in [1.165, 1.54) is 0 Å². The van der Waals surface area contributed by atoms with Crippen molar-refractivity contribution in [3.63, 3.8) is 0 Å². The number of carboxylic acids is 1. The Labute approximate surface area is 109 Å². The average Bonchev–Trinajstić information content (AvgIpc) is 2.49. The Bertz CT molecular complexity index is 728. The maximum absolute atomic E-state index is 11.7. The number of hydrogen-bond acceptors (Lipinski definition) is 2. The van der Waals surface area contributed by atoms with Crippen molar-refractivity contribution in [1.82, 2.24) is 4.57 Å². The lowest BCUT2D eigenvalue weighted by atomic mass is 10.1. The van der Waals surface area contributed by atoms with Crippen LogP contribution in [0.25, 0.3) is 10.9 Å². The molecular weight excluding hydrogens is 244 g/mol. The second-order valence-corrected chi connectivity index (χ2v) is 4.94. The van der Waals surface area contributed by atoms with Crippen molar-refractivity contribution in [2.24, 2.45) is 0 Å². The largest absolute Gasteiger partial charge is 0.477 e. The van der Waals surface area contributed by atoms with Crippen molar-refractivity contribution in [1.29, 1.82) is 0 Å². The van der Waals surface area contributed by atoms with E-state index in [1.54, 1.807) is 4.57 Å². The molecule has 5 nitrogen and oxygen atoms in total. The summed E-state index contributed by atoms with van der Waals surface area (Å²) in [5.74, 6) is -1.03. The quantitative estimate of drug-likeness (QED) is 0.824. The fourth-order valence-electron chi connectivity index (χ4n) is 2.82. The van der Waals surface area contributed by atoms with Gasteiger partial charge in [0.2, 0.25) is 5.91 Å². The Morgan fingerprint density at radius 1 is 1.37 bits per heavy atom. The molecule has 19 heavy (non-hydrogen) atoms. The summed E-state index contributed by atoms with van der Waals surface area (Å²) in [6.07, 6.45) is 0.289. The smallest absolute Gasteiger partial charge is 0.352 e. The first-order chi connectivity index (χ1) is 8.99. The number of nitrogens with zero attached hydrogens (tertiary/aromatic N) is 1. The van der Waals surface area contributed by atoms with Gasteiger partial charge in [0, 0.05) is 18.4 Å². The normalized spacial score (nSPS) is 14.3. The van der Waals surface area contributed by atoms with Crippen LogP contribution in [0.5, 0.6) is 0 Å². The maximum atomic E-state index is 11.7. The highest BCUT2D eigenvalue weighted by Crippen LogP contribution is 2.34. The third-order valence-corrected chi connectivity index (χ3v) is 3.59. The van der Waals surface area contributed by atoms with Gasteiger partial charge in [0.25, 0.3) is 0 Å².